The lowest BCUT2D eigenvalue weighted by molar-refractivity contribution is 0.573. The zero-order chi connectivity index (χ0) is 11.7. The van der Waals surface area contributed by atoms with E-state index in [1.165, 1.54) is 0 Å². The number of benzene rings is 1. The Morgan fingerprint density at radius 1 is 1.31 bits per heavy atom. The van der Waals surface area contributed by atoms with Crippen LogP contribution in [0.2, 0.25) is 5.02 Å². The van der Waals surface area contributed by atoms with Crippen molar-refractivity contribution in [3.05, 3.63) is 46.7 Å². The highest BCUT2D eigenvalue weighted by molar-refractivity contribution is 7.80. The van der Waals surface area contributed by atoms with Crippen molar-refractivity contribution in [1.82, 2.24) is 0 Å². The first kappa shape index (κ1) is 11.2. The average molecular weight is 252 g/mol. The molecule has 0 radical (unpaired) electrons. The summed E-state index contributed by atoms with van der Waals surface area (Å²) < 4.78 is 5.54. The van der Waals surface area contributed by atoms with Crippen LogP contribution in [0.5, 0.6) is 0 Å². The molecule has 0 aliphatic rings. The van der Waals surface area contributed by atoms with Gasteiger partial charge >= 0.3 is 0 Å². The van der Waals surface area contributed by atoms with Crippen LogP contribution in [0.1, 0.15) is 11.3 Å². The molecular weight excluding hydrogens is 242 g/mol. The van der Waals surface area contributed by atoms with Crippen molar-refractivity contribution < 1.29 is 4.42 Å². The summed E-state index contributed by atoms with van der Waals surface area (Å²) in [6.07, 6.45) is 0. The summed E-state index contributed by atoms with van der Waals surface area (Å²) in [5.74, 6) is 1.27. The summed E-state index contributed by atoms with van der Waals surface area (Å²) in [6, 6.07) is 9.25. The fourth-order valence-electron chi connectivity index (χ4n) is 1.52. The van der Waals surface area contributed by atoms with Crippen LogP contribution in [0.4, 0.5) is 0 Å². The highest BCUT2D eigenvalue weighted by Crippen LogP contribution is 2.27. The monoisotopic (exact) mass is 251 g/mol. The molecule has 0 atom stereocenters. The molecule has 0 aliphatic heterocycles. The van der Waals surface area contributed by atoms with Gasteiger partial charge in [-0.3, -0.25) is 0 Å². The second-order valence-electron chi connectivity index (χ2n) is 3.49. The van der Waals surface area contributed by atoms with Crippen molar-refractivity contribution in [2.75, 3.05) is 0 Å². The third kappa shape index (κ3) is 2.10. The summed E-state index contributed by atoms with van der Waals surface area (Å²) in [5, 5.41) is 0.711. The summed E-state index contributed by atoms with van der Waals surface area (Å²) in [5.41, 5.74) is 7.53. The fraction of sp³-hybridized carbons (Fsp3) is 0.0833. The van der Waals surface area contributed by atoms with Crippen LogP contribution in [0.25, 0.3) is 11.3 Å². The zero-order valence-electron chi connectivity index (χ0n) is 8.66. The third-order valence-corrected chi connectivity index (χ3v) is 2.74. The molecule has 0 saturated carbocycles. The Morgan fingerprint density at radius 2 is 2.06 bits per heavy atom. The van der Waals surface area contributed by atoms with Crippen molar-refractivity contribution >= 4 is 28.8 Å². The van der Waals surface area contributed by atoms with E-state index in [-0.39, 0.29) is 4.99 Å². The Balaban J connectivity index is 2.46. The third-order valence-electron chi connectivity index (χ3n) is 2.30. The molecule has 0 fully saturated rings. The summed E-state index contributed by atoms with van der Waals surface area (Å²) >= 11 is 10.7. The maximum Gasteiger partial charge on any atom is 0.161 e. The molecule has 2 rings (SSSR count). The molecule has 1 aromatic carbocycles. The van der Waals surface area contributed by atoms with Gasteiger partial charge in [0.05, 0.1) is 0 Å². The lowest BCUT2D eigenvalue weighted by atomic mass is 10.1. The molecule has 0 bridgehead atoms. The van der Waals surface area contributed by atoms with Crippen LogP contribution in [-0.4, -0.2) is 4.99 Å². The Labute approximate surface area is 104 Å². The van der Waals surface area contributed by atoms with Gasteiger partial charge in [0.25, 0.3) is 0 Å². The second kappa shape index (κ2) is 4.28. The minimum Gasteiger partial charge on any atom is -0.454 e. The molecule has 0 aliphatic carbocycles. The van der Waals surface area contributed by atoms with E-state index in [0.717, 1.165) is 16.9 Å². The second-order valence-corrected chi connectivity index (χ2v) is 4.36. The van der Waals surface area contributed by atoms with Crippen LogP contribution in [0.3, 0.4) is 0 Å². The predicted octanol–water partition coefficient (Wildman–Crippen LogP) is 3.54. The summed E-state index contributed by atoms with van der Waals surface area (Å²) in [7, 11) is 0. The Hall–Kier alpha value is -1.32. The van der Waals surface area contributed by atoms with Gasteiger partial charge in [-0.05, 0) is 42.8 Å². The molecule has 0 saturated heterocycles. The lowest BCUT2D eigenvalue weighted by Crippen LogP contribution is -2.07. The molecule has 0 spiro atoms. The molecule has 2 N–H and O–H groups in total. The highest BCUT2D eigenvalue weighted by atomic mass is 35.5. The van der Waals surface area contributed by atoms with Gasteiger partial charge in [-0.2, -0.15) is 0 Å². The first-order chi connectivity index (χ1) is 7.58. The van der Waals surface area contributed by atoms with Crippen molar-refractivity contribution in [2.45, 2.75) is 6.92 Å². The van der Waals surface area contributed by atoms with Gasteiger partial charge in [0.15, 0.2) is 5.76 Å². The van der Waals surface area contributed by atoms with Gasteiger partial charge in [-0.15, -0.1) is 0 Å². The van der Waals surface area contributed by atoms with Gasteiger partial charge in [0, 0.05) is 10.6 Å². The molecule has 2 nitrogen and oxygen atoms in total. The SMILES string of the molecule is Cc1cc(Cl)ccc1-c1ccc(C(N)=S)o1. The van der Waals surface area contributed by atoms with E-state index < -0.39 is 0 Å². The van der Waals surface area contributed by atoms with Crippen LogP contribution in [0.15, 0.2) is 34.7 Å². The fourth-order valence-corrected chi connectivity index (χ4v) is 1.85. The molecule has 82 valence electrons. The van der Waals surface area contributed by atoms with E-state index in [2.05, 4.69) is 0 Å². The number of hydrogen-bond donors (Lipinski definition) is 1. The van der Waals surface area contributed by atoms with Gasteiger partial charge in [0.2, 0.25) is 0 Å². The standard InChI is InChI=1S/C12H10ClNOS/c1-7-6-8(13)2-3-9(7)10-4-5-11(15-10)12(14)16/h2-6H,1H3,(H2,14,16). The van der Waals surface area contributed by atoms with Gasteiger partial charge in [0.1, 0.15) is 10.7 Å². The van der Waals surface area contributed by atoms with Gasteiger partial charge in [-0.1, -0.05) is 23.8 Å². The number of thiocarbonyl (C=S) groups is 1. The molecular formula is C12H10ClNOS. The lowest BCUT2D eigenvalue weighted by Gasteiger charge is -2.02. The van der Waals surface area contributed by atoms with Crippen LogP contribution in [-0.2, 0) is 0 Å². The molecule has 1 aromatic heterocycles. The Bertz CT molecular complexity index is 548. The van der Waals surface area contributed by atoms with E-state index in [9.17, 15) is 0 Å². The Kier molecular flexibility index (Phi) is 2.99. The smallest absolute Gasteiger partial charge is 0.161 e. The quantitative estimate of drug-likeness (QED) is 0.830. The topological polar surface area (TPSA) is 39.2 Å². The number of aryl methyl sites for hydroxylation is 1. The number of hydrogen-bond acceptors (Lipinski definition) is 2. The van der Waals surface area contributed by atoms with Crippen LogP contribution < -0.4 is 5.73 Å². The van der Waals surface area contributed by atoms with E-state index in [1.807, 2.05) is 31.2 Å². The first-order valence-corrected chi connectivity index (χ1v) is 5.52. The molecule has 2 aromatic rings. The van der Waals surface area contributed by atoms with Crippen LogP contribution in [0, 0.1) is 6.92 Å². The number of halogens is 1. The number of nitrogens with two attached hydrogens (primary N) is 1. The summed E-state index contributed by atoms with van der Waals surface area (Å²) in [4.78, 5) is 0.262. The van der Waals surface area contributed by atoms with Crippen LogP contribution >= 0.6 is 23.8 Å². The van der Waals surface area contributed by atoms with Gasteiger partial charge in [-0.25, -0.2) is 0 Å². The largest absolute Gasteiger partial charge is 0.454 e. The van der Waals surface area contributed by atoms with Crippen molar-refractivity contribution in [1.29, 1.82) is 0 Å². The van der Waals surface area contributed by atoms with Crippen molar-refractivity contribution in [3.63, 3.8) is 0 Å². The molecule has 1 heterocycles. The summed E-state index contributed by atoms with van der Waals surface area (Å²) in [6.45, 7) is 1.98. The minimum atomic E-state index is 0.262. The van der Waals surface area contributed by atoms with Crippen molar-refractivity contribution in [3.8, 4) is 11.3 Å². The van der Waals surface area contributed by atoms with E-state index >= 15 is 0 Å². The maximum atomic E-state index is 5.89. The number of furan rings is 1. The first-order valence-electron chi connectivity index (χ1n) is 4.74. The molecule has 4 heteroatoms. The Morgan fingerprint density at radius 3 is 2.62 bits per heavy atom. The number of rotatable bonds is 2. The maximum absolute atomic E-state index is 5.89. The van der Waals surface area contributed by atoms with E-state index in [0.29, 0.717) is 10.8 Å². The molecule has 16 heavy (non-hydrogen) atoms. The van der Waals surface area contributed by atoms with E-state index in [1.54, 1.807) is 6.07 Å². The predicted molar refractivity (Wildman–Crippen MR) is 69.8 cm³/mol. The minimum absolute atomic E-state index is 0.262. The highest BCUT2D eigenvalue weighted by Gasteiger charge is 2.08. The molecule has 0 unspecified atom stereocenters. The van der Waals surface area contributed by atoms with Crippen molar-refractivity contribution in [2.24, 2.45) is 5.73 Å². The average Bonchev–Trinajstić information content (AvgIpc) is 2.66. The van der Waals surface area contributed by atoms with Gasteiger partial charge < -0.3 is 10.2 Å². The normalized spacial score (nSPS) is 10.4. The zero-order valence-corrected chi connectivity index (χ0v) is 10.2. The molecule has 0 amide bonds. The van der Waals surface area contributed by atoms with E-state index in [4.69, 9.17) is 34.0 Å².